The van der Waals surface area contributed by atoms with Crippen LogP contribution in [0.3, 0.4) is 0 Å². The fourth-order valence-corrected chi connectivity index (χ4v) is 4.83. The van der Waals surface area contributed by atoms with Crippen LogP contribution >= 0.6 is 0 Å². The summed E-state index contributed by atoms with van der Waals surface area (Å²) in [4.78, 5) is 29.1. The number of likely N-dealkylation sites (N-methyl/N-ethyl adjacent to an activating group) is 1. The minimum Gasteiger partial charge on any atom is -0.496 e. The van der Waals surface area contributed by atoms with Crippen molar-refractivity contribution < 1.29 is 22.7 Å². The Labute approximate surface area is 189 Å². The third-order valence-corrected chi connectivity index (χ3v) is 7.36. The molecule has 9 heteroatoms. The molecule has 0 saturated carbocycles. The van der Waals surface area contributed by atoms with Crippen molar-refractivity contribution in [2.24, 2.45) is 0 Å². The Kier molecular flexibility index (Phi) is 7.87. The van der Waals surface area contributed by atoms with E-state index in [9.17, 15) is 18.0 Å². The van der Waals surface area contributed by atoms with Gasteiger partial charge in [0.25, 0.3) is 0 Å². The van der Waals surface area contributed by atoms with Crippen LogP contribution < -0.4 is 4.74 Å². The number of hydrogen-bond acceptors (Lipinski definition) is 5. The predicted molar refractivity (Wildman–Crippen MR) is 121 cm³/mol. The Hall–Kier alpha value is -2.91. The van der Waals surface area contributed by atoms with E-state index in [1.807, 2.05) is 24.3 Å². The third kappa shape index (κ3) is 5.66. The Morgan fingerprint density at radius 1 is 0.906 bits per heavy atom. The number of methoxy groups -OCH3 is 1. The first-order chi connectivity index (χ1) is 15.3. The van der Waals surface area contributed by atoms with Gasteiger partial charge in [0.05, 0.1) is 25.0 Å². The standard InChI is InChI=1S/C23H29N3O5S/c1-24(32(29,30)20-10-4-3-5-11-20)18-23(28)26-14-8-13-25(15-16-26)22(27)17-19-9-6-7-12-21(19)31-2/h3-7,9-12H,8,13-18H2,1-2H3. The van der Waals surface area contributed by atoms with E-state index in [1.165, 1.54) is 19.2 Å². The summed E-state index contributed by atoms with van der Waals surface area (Å²) < 4.78 is 31.8. The van der Waals surface area contributed by atoms with Crippen LogP contribution in [-0.2, 0) is 26.0 Å². The molecule has 172 valence electrons. The molecule has 1 saturated heterocycles. The van der Waals surface area contributed by atoms with Crippen LogP contribution in [0.1, 0.15) is 12.0 Å². The normalized spacial score (nSPS) is 14.8. The first-order valence-electron chi connectivity index (χ1n) is 10.5. The minimum absolute atomic E-state index is 0.0208. The fourth-order valence-electron chi connectivity index (χ4n) is 3.69. The Morgan fingerprint density at radius 3 is 2.16 bits per heavy atom. The molecule has 0 atom stereocenters. The molecule has 3 rings (SSSR count). The van der Waals surface area contributed by atoms with Gasteiger partial charge in [-0.05, 0) is 24.6 Å². The number of sulfonamides is 1. The highest BCUT2D eigenvalue weighted by Gasteiger charge is 2.27. The summed E-state index contributed by atoms with van der Waals surface area (Å²) in [6.07, 6.45) is 0.870. The van der Waals surface area contributed by atoms with Crippen LogP contribution in [0.5, 0.6) is 5.75 Å². The monoisotopic (exact) mass is 459 g/mol. The first-order valence-corrected chi connectivity index (χ1v) is 12.0. The van der Waals surface area contributed by atoms with Gasteiger partial charge in [-0.1, -0.05) is 36.4 Å². The molecule has 2 aromatic carbocycles. The number of carbonyl (C=O) groups is 2. The molecule has 8 nitrogen and oxygen atoms in total. The summed E-state index contributed by atoms with van der Waals surface area (Å²) in [5, 5.41) is 0. The number of carbonyl (C=O) groups excluding carboxylic acids is 2. The fraction of sp³-hybridized carbons (Fsp3) is 0.391. The van der Waals surface area contributed by atoms with E-state index in [0.717, 1.165) is 9.87 Å². The van der Waals surface area contributed by atoms with Crippen LogP contribution in [-0.4, -0.2) is 81.2 Å². The van der Waals surface area contributed by atoms with Gasteiger partial charge in [0.15, 0.2) is 0 Å². The van der Waals surface area contributed by atoms with Gasteiger partial charge in [-0.25, -0.2) is 8.42 Å². The van der Waals surface area contributed by atoms with E-state index in [1.54, 1.807) is 35.1 Å². The zero-order valence-electron chi connectivity index (χ0n) is 18.4. The van der Waals surface area contributed by atoms with E-state index in [4.69, 9.17) is 4.74 Å². The molecule has 1 heterocycles. The van der Waals surface area contributed by atoms with Gasteiger partial charge < -0.3 is 14.5 Å². The topological polar surface area (TPSA) is 87.2 Å². The van der Waals surface area contributed by atoms with Crippen molar-refractivity contribution >= 4 is 21.8 Å². The number of rotatable bonds is 7. The van der Waals surface area contributed by atoms with Crippen LogP contribution in [0.25, 0.3) is 0 Å². The molecule has 1 fully saturated rings. The summed E-state index contributed by atoms with van der Waals surface area (Å²) in [6, 6.07) is 15.5. The van der Waals surface area contributed by atoms with Crippen molar-refractivity contribution in [3.63, 3.8) is 0 Å². The van der Waals surface area contributed by atoms with Gasteiger partial charge >= 0.3 is 0 Å². The Morgan fingerprint density at radius 2 is 1.50 bits per heavy atom. The SMILES string of the molecule is COc1ccccc1CC(=O)N1CCCN(C(=O)CN(C)S(=O)(=O)c2ccccc2)CC1. The van der Waals surface area contributed by atoms with Crippen LogP contribution in [0, 0.1) is 0 Å². The Bertz CT molecular complexity index is 1040. The molecule has 0 N–H and O–H groups in total. The third-order valence-electron chi connectivity index (χ3n) is 5.54. The molecule has 0 aromatic heterocycles. The second-order valence-electron chi connectivity index (χ2n) is 7.68. The van der Waals surface area contributed by atoms with Crippen LogP contribution in [0.15, 0.2) is 59.5 Å². The molecule has 32 heavy (non-hydrogen) atoms. The molecule has 0 radical (unpaired) electrons. The van der Waals surface area contributed by atoms with Crippen LogP contribution in [0.4, 0.5) is 0 Å². The first kappa shape index (κ1) is 23.7. The van der Waals surface area contributed by atoms with Crippen LogP contribution in [0.2, 0.25) is 0 Å². The van der Waals surface area contributed by atoms with E-state index in [0.29, 0.717) is 38.3 Å². The molecule has 2 aromatic rings. The zero-order valence-corrected chi connectivity index (χ0v) is 19.3. The van der Waals surface area contributed by atoms with Gasteiger partial charge in [0, 0.05) is 38.8 Å². The lowest BCUT2D eigenvalue weighted by atomic mass is 10.1. The quantitative estimate of drug-likeness (QED) is 0.628. The largest absolute Gasteiger partial charge is 0.496 e. The second-order valence-corrected chi connectivity index (χ2v) is 9.72. The van der Waals surface area contributed by atoms with Crippen molar-refractivity contribution in [3.8, 4) is 5.75 Å². The summed E-state index contributed by atoms with van der Waals surface area (Å²) >= 11 is 0. The van der Waals surface area contributed by atoms with Crippen molar-refractivity contribution in [1.82, 2.24) is 14.1 Å². The summed E-state index contributed by atoms with van der Waals surface area (Å²) in [5.41, 5.74) is 0.824. The maximum atomic E-state index is 12.8. The maximum Gasteiger partial charge on any atom is 0.243 e. The molecule has 1 aliphatic heterocycles. The van der Waals surface area contributed by atoms with Gasteiger partial charge in [0.1, 0.15) is 5.75 Å². The molecular formula is C23H29N3O5S. The molecule has 2 amide bonds. The van der Waals surface area contributed by atoms with E-state index in [2.05, 4.69) is 0 Å². The molecule has 0 spiro atoms. The highest BCUT2D eigenvalue weighted by Crippen LogP contribution is 2.19. The second kappa shape index (κ2) is 10.6. The number of ether oxygens (including phenoxy) is 1. The number of para-hydroxylation sites is 1. The number of hydrogen-bond donors (Lipinski definition) is 0. The van der Waals surface area contributed by atoms with Crippen molar-refractivity contribution in [2.75, 3.05) is 46.9 Å². The lowest BCUT2D eigenvalue weighted by Gasteiger charge is -2.24. The highest BCUT2D eigenvalue weighted by molar-refractivity contribution is 7.89. The van der Waals surface area contributed by atoms with Crippen molar-refractivity contribution in [2.45, 2.75) is 17.7 Å². The van der Waals surface area contributed by atoms with E-state index >= 15 is 0 Å². The smallest absolute Gasteiger partial charge is 0.243 e. The van der Waals surface area contributed by atoms with Crippen molar-refractivity contribution in [1.29, 1.82) is 0 Å². The zero-order chi connectivity index (χ0) is 23.1. The predicted octanol–water partition coefficient (Wildman–Crippen LogP) is 1.62. The molecular weight excluding hydrogens is 430 g/mol. The number of amides is 2. The number of benzene rings is 2. The average molecular weight is 460 g/mol. The summed E-state index contributed by atoms with van der Waals surface area (Å²) in [6.45, 7) is 1.57. The molecule has 0 aliphatic carbocycles. The molecule has 0 bridgehead atoms. The van der Waals surface area contributed by atoms with E-state index in [-0.39, 0.29) is 29.7 Å². The van der Waals surface area contributed by atoms with Gasteiger partial charge in [-0.15, -0.1) is 0 Å². The number of nitrogens with zero attached hydrogens (tertiary/aromatic N) is 3. The minimum atomic E-state index is -3.74. The van der Waals surface area contributed by atoms with Gasteiger partial charge in [-0.2, -0.15) is 4.31 Å². The summed E-state index contributed by atoms with van der Waals surface area (Å²) in [7, 11) is -0.757. The highest BCUT2D eigenvalue weighted by atomic mass is 32.2. The average Bonchev–Trinajstić information content (AvgIpc) is 3.06. The Balaban J connectivity index is 1.57. The van der Waals surface area contributed by atoms with Gasteiger partial charge in [-0.3, -0.25) is 9.59 Å². The lowest BCUT2D eigenvalue weighted by Crippen LogP contribution is -2.43. The molecule has 0 unspecified atom stereocenters. The summed E-state index contributed by atoms with van der Waals surface area (Å²) in [5.74, 6) is 0.383. The van der Waals surface area contributed by atoms with Crippen molar-refractivity contribution in [3.05, 3.63) is 60.2 Å². The van der Waals surface area contributed by atoms with E-state index < -0.39 is 10.0 Å². The van der Waals surface area contributed by atoms with Gasteiger partial charge in [0.2, 0.25) is 21.8 Å². The maximum absolute atomic E-state index is 12.8. The lowest BCUT2D eigenvalue weighted by molar-refractivity contribution is -0.133. The molecule has 1 aliphatic rings.